The molecule has 2 aromatic carbocycles. The molecule has 0 saturated heterocycles. The molecule has 0 aliphatic heterocycles. The monoisotopic (exact) mass is 348 g/mol. The van der Waals surface area contributed by atoms with E-state index in [1.165, 1.54) is 5.56 Å². The Kier molecular flexibility index (Phi) is 8.90. The summed E-state index contributed by atoms with van der Waals surface area (Å²) in [5, 5.41) is 5.96. The van der Waals surface area contributed by atoms with Crippen molar-refractivity contribution in [3.8, 4) is 5.75 Å². The van der Waals surface area contributed by atoms with Gasteiger partial charge in [-0.2, -0.15) is 0 Å². The lowest BCUT2D eigenvalue weighted by molar-refractivity contribution is 0.0953. The molecule has 0 bridgehead atoms. The molecule has 0 unspecified atom stereocenters. The summed E-state index contributed by atoms with van der Waals surface area (Å²) in [4.78, 5) is 12.1. The van der Waals surface area contributed by atoms with Crippen LogP contribution in [0, 0.1) is 6.92 Å². The number of aryl methyl sites for hydroxylation is 1. The molecule has 0 aliphatic carbocycles. The second kappa shape index (κ2) is 10.7. The van der Waals surface area contributed by atoms with Crippen LogP contribution in [0.2, 0.25) is 0 Å². The quantitative estimate of drug-likeness (QED) is 0.719. The topological polar surface area (TPSA) is 50.4 Å². The Labute approximate surface area is 150 Å². The Morgan fingerprint density at radius 1 is 1.08 bits per heavy atom. The van der Waals surface area contributed by atoms with Crippen molar-refractivity contribution >= 4 is 18.3 Å². The molecule has 0 saturated carbocycles. The molecule has 130 valence electrons. The highest BCUT2D eigenvalue weighted by Crippen LogP contribution is 2.15. The lowest BCUT2D eigenvalue weighted by atomic mass is 10.1. The fourth-order valence-electron chi connectivity index (χ4n) is 2.26. The second-order valence-corrected chi connectivity index (χ2v) is 5.52. The van der Waals surface area contributed by atoms with Crippen LogP contribution in [0.25, 0.3) is 0 Å². The van der Waals surface area contributed by atoms with Gasteiger partial charge in [-0.25, -0.2) is 0 Å². The van der Waals surface area contributed by atoms with E-state index in [0.717, 1.165) is 18.5 Å². The van der Waals surface area contributed by atoms with Crippen LogP contribution in [-0.2, 0) is 6.61 Å². The SMILES string of the molecule is CNCCCNC(=O)c1cccc(OCc2cccc(C)c2)c1.Cl. The fourth-order valence-corrected chi connectivity index (χ4v) is 2.26. The molecule has 2 aromatic rings. The van der Waals surface area contributed by atoms with Gasteiger partial charge in [0.25, 0.3) is 5.91 Å². The number of ether oxygens (including phenoxy) is 1. The predicted molar refractivity (Wildman–Crippen MR) is 100 cm³/mol. The molecule has 24 heavy (non-hydrogen) atoms. The normalized spacial score (nSPS) is 9.92. The zero-order valence-electron chi connectivity index (χ0n) is 14.2. The van der Waals surface area contributed by atoms with E-state index in [9.17, 15) is 4.79 Å². The minimum atomic E-state index is -0.0675. The highest BCUT2D eigenvalue weighted by atomic mass is 35.5. The smallest absolute Gasteiger partial charge is 0.251 e. The maximum atomic E-state index is 12.1. The second-order valence-electron chi connectivity index (χ2n) is 5.52. The van der Waals surface area contributed by atoms with Crippen LogP contribution in [0.5, 0.6) is 5.75 Å². The summed E-state index contributed by atoms with van der Waals surface area (Å²) in [7, 11) is 1.90. The van der Waals surface area contributed by atoms with Crippen LogP contribution in [0.3, 0.4) is 0 Å². The van der Waals surface area contributed by atoms with E-state index in [1.807, 2.05) is 31.3 Å². The molecule has 0 spiro atoms. The van der Waals surface area contributed by atoms with Gasteiger partial charge in [0.2, 0.25) is 0 Å². The lowest BCUT2D eigenvalue weighted by Crippen LogP contribution is -2.26. The first kappa shape index (κ1) is 20.0. The van der Waals surface area contributed by atoms with Crippen molar-refractivity contribution < 1.29 is 9.53 Å². The van der Waals surface area contributed by atoms with Crippen molar-refractivity contribution in [1.29, 1.82) is 0 Å². The van der Waals surface area contributed by atoms with Crippen molar-refractivity contribution in [2.24, 2.45) is 0 Å². The van der Waals surface area contributed by atoms with Crippen LogP contribution >= 0.6 is 12.4 Å². The maximum Gasteiger partial charge on any atom is 0.251 e. The van der Waals surface area contributed by atoms with Crippen LogP contribution in [-0.4, -0.2) is 26.0 Å². The largest absolute Gasteiger partial charge is 0.489 e. The molecule has 0 aliphatic rings. The Morgan fingerprint density at radius 2 is 1.88 bits per heavy atom. The van der Waals surface area contributed by atoms with Gasteiger partial charge in [-0.3, -0.25) is 4.79 Å². The van der Waals surface area contributed by atoms with Gasteiger partial charge in [-0.15, -0.1) is 12.4 Å². The van der Waals surface area contributed by atoms with Gasteiger partial charge in [0.15, 0.2) is 0 Å². The zero-order valence-corrected chi connectivity index (χ0v) is 15.0. The molecule has 0 radical (unpaired) electrons. The molecule has 2 N–H and O–H groups in total. The van der Waals surface area contributed by atoms with Gasteiger partial charge >= 0.3 is 0 Å². The summed E-state index contributed by atoms with van der Waals surface area (Å²) in [5.41, 5.74) is 2.95. The number of hydrogen-bond donors (Lipinski definition) is 2. The molecule has 0 heterocycles. The van der Waals surface area contributed by atoms with Crippen LogP contribution < -0.4 is 15.4 Å². The van der Waals surface area contributed by atoms with Gasteiger partial charge in [-0.05, 0) is 50.7 Å². The molecule has 2 rings (SSSR count). The average Bonchev–Trinajstić information content (AvgIpc) is 2.57. The summed E-state index contributed by atoms with van der Waals surface area (Å²) < 4.78 is 5.79. The van der Waals surface area contributed by atoms with Crippen LogP contribution in [0.15, 0.2) is 48.5 Å². The third kappa shape index (κ3) is 6.60. The van der Waals surface area contributed by atoms with E-state index in [2.05, 4.69) is 29.7 Å². The average molecular weight is 349 g/mol. The summed E-state index contributed by atoms with van der Waals surface area (Å²) in [5.74, 6) is 0.636. The summed E-state index contributed by atoms with van der Waals surface area (Å²) in [6.45, 7) is 4.10. The number of carbonyl (C=O) groups is 1. The van der Waals surface area contributed by atoms with Crippen molar-refractivity contribution in [1.82, 2.24) is 10.6 Å². The maximum absolute atomic E-state index is 12.1. The first-order valence-corrected chi connectivity index (χ1v) is 7.90. The number of rotatable bonds is 8. The molecule has 1 amide bonds. The summed E-state index contributed by atoms with van der Waals surface area (Å²) >= 11 is 0. The summed E-state index contributed by atoms with van der Waals surface area (Å²) in [6.07, 6.45) is 0.909. The highest BCUT2D eigenvalue weighted by molar-refractivity contribution is 5.94. The Balaban J connectivity index is 0.00000288. The van der Waals surface area contributed by atoms with Crippen LogP contribution in [0.4, 0.5) is 0 Å². The zero-order chi connectivity index (χ0) is 16.5. The van der Waals surface area contributed by atoms with E-state index in [-0.39, 0.29) is 18.3 Å². The highest BCUT2D eigenvalue weighted by Gasteiger charge is 2.06. The minimum absolute atomic E-state index is 0. The van der Waals surface area contributed by atoms with Gasteiger partial charge in [-0.1, -0.05) is 35.9 Å². The van der Waals surface area contributed by atoms with E-state index in [4.69, 9.17) is 4.74 Å². The molecule has 4 nitrogen and oxygen atoms in total. The number of amides is 1. The first-order chi connectivity index (χ1) is 11.2. The van der Waals surface area contributed by atoms with Crippen molar-refractivity contribution in [3.05, 3.63) is 65.2 Å². The molecular weight excluding hydrogens is 324 g/mol. The van der Waals surface area contributed by atoms with E-state index >= 15 is 0 Å². The van der Waals surface area contributed by atoms with Crippen molar-refractivity contribution in [2.75, 3.05) is 20.1 Å². The minimum Gasteiger partial charge on any atom is -0.489 e. The number of nitrogens with one attached hydrogen (secondary N) is 2. The summed E-state index contributed by atoms with van der Waals surface area (Å²) in [6, 6.07) is 15.5. The standard InChI is InChI=1S/C19H24N2O2.ClH/c1-15-6-3-7-16(12-15)14-23-18-9-4-8-17(13-18)19(22)21-11-5-10-20-2;/h3-4,6-9,12-13,20H,5,10-11,14H2,1-2H3,(H,21,22);1H. The predicted octanol–water partition coefficient (Wildman–Crippen LogP) is 3.34. The van der Waals surface area contributed by atoms with Crippen molar-refractivity contribution in [2.45, 2.75) is 20.0 Å². The molecule has 0 fully saturated rings. The Bertz CT molecular complexity index is 647. The van der Waals surface area contributed by atoms with Crippen LogP contribution in [0.1, 0.15) is 27.9 Å². The van der Waals surface area contributed by atoms with Gasteiger partial charge in [0.1, 0.15) is 12.4 Å². The van der Waals surface area contributed by atoms with E-state index in [1.54, 1.807) is 12.1 Å². The number of carbonyl (C=O) groups excluding carboxylic acids is 1. The first-order valence-electron chi connectivity index (χ1n) is 7.90. The molecule has 0 aromatic heterocycles. The number of halogens is 1. The lowest BCUT2D eigenvalue weighted by Gasteiger charge is -2.09. The number of hydrogen-bond acceptors (Lipinski definition) is 3. The molecule has 0 atom stereocenters. The van der Waals surface area contributed by atoms with Crippen molar-refractivity contribution in [3.63, 3.8) is 0 Å². The third-order valence-electron chi connectivity index (χ3n) is 3.47. The Morgan fingerprint density at radius 3 is 2.62 bits per heavy atom. The fraction of sp³-hybridized carbons (Fsp3) is 0.316. The number of benzene rings is 2. The van der Waals surface area contributed by atoms with Gasteiger partial charge < -0.3 is 15.4 Å². The Hall–Kier alpha value is -2.04. The van der Waals surface area contributed by atoms with E-state index < -0.39 is 0 Å². The van der Waals surface area contributed by atoms with E-state index in [0.29, 0.717) is 24.5 Å². The molecule has 5 heteroatoms. The third-order valence-corrected chi connectivity index (χ3v) is 3.47. The van der Waals surface area contributed by atoms with Gasteiger partial charge in [0, 0.05) is 12.1 Å². The molecular formula is C19H25ClN2O2. The van der Waals surface area contributed by atoms with Gasteiger partial charge in [0.05, 0.1) is 0 Å².